The molecule has 3 rings (SSSR count). The van der Waals surface area contributed by atoms with Gasteiger partial charge in [-0.2, -0.15) is 0 Å². The van der Waals surface area contributed by atoms with Crippen LogP contribution < -0.4 is 4.74 Å². The van der Waals surface area contributed by atoms with Gasteiger partial charge in [0.05, 0.1) is 11.9 Å². The van der Waals surface area contributed by atoms with Crippen molar-refractivity contribution >= 4 is 0 Å². The monoisotopic (exact) mass is 373 g/mol. The van der Waals surface area contributed by atoms with Crippen LogP contribution in [0.4, 0.5) is 0 Å². The molecular formula is C26H31NO. The topological polar surface area (TPSA) is 22.1 Å². The van der Waals surface area contributed by atoms with Crippen molar-refractivity contribution in [2.75, 3.05) is 0 Å². The molecule has 0 saturated heterocycles. The van der Waals surface area contributed by atoms with Crippen LogP contribution in [0.2, 0.25) is 0 Å². The van der Waals surface area contributed by atoms with Crippen LogP contribution in [-0.4, -0.2) is 4.98 Å². The summed E-state index contributed by atoms with van der Waals surface area (Å²) in [5, 5.41) is 0. The van der Waals surface area contributed by atoms with Gasteiger partial charge in [0.25, 0.3) is 0 Å². The van der Waals surface area contributed by atoms with Crippen LogP contribution in [0.15, 0.2) is 72.9 Å². The first-order valence-corrected chi connectivity index (χ1v) is 10.1. The molecule has 0 amide bonds. The first-order valence-electron chi connectivity index (χ1n) is 10.1. The molecule has 1 heterocycles. The molecule has 146 valence electrons. The number of benzene rings is 2. The fourth-order valence-corrected chi connectivity index (χ4v) is 3.27. The van der Waals surface area contributed by atoms with Crippen molar-refractivity contribution in [1.29, 1.82) is 0 Å². The molecule has 0 saturated carbocycles. The first kappa shape index (κ1) is 20.1. The molecule has 1 atom stereocenters. The van der Waals surface area contributed by atoms with Gasteiger partial charge < -0.3 is 4.74 Å². The van der Waals surface area contributed by atoms with Crippen LogP contribution >= 0.6 is 0 Å². The summed E-state index contributed by atoms with van der Waals surface area (Å²) in [6, 6.07) is 23.2. The number of rotatable bonds is 6. The highest BCUT2D eigenvalue weighted by Crippen LogP contribution is 2.29. The molecule has 0 radical (unpaired) electrons. The SMILES string of the molecule is CC(C)CC(Oc1ccc(-c2ccc(C(C)(C)C)cc2)nc1)c1ccccc1. The summed E-state index contributed by atoms with van der Waals surface area (Å²) >= 11 is 0. The number of nitrogens with zero attached hydrogens (tertiary/aromatic N) is 1. The van der Waals surface area contributed by atoms with Crippen LogP contribution in [0.3, 0.4) is 0 Å². The van der Waals surface area contributed by atoms with Crippen LogP contribution in [-0.2, 0) is 5.41 Å². The lowest BCUT2D eigenvalue weighted by molar-refractivity contribution is 0.177. The van der Waals surface area contributed by atoms with E-state index in [0.717, 1.165) is 23.4 Å². The largest absolute Gasteiger partial charge is 0.484 e. The average Bonchev–Trinajstić information content (AvgIpc) is 2.68. The average molecular weight is 374 g/mol. The Morgan fingerprint density at radius 3 is 2.07 bits per heavy atom. The molecule has 0 aliphatic heterocycles. The summed E-state index contributed by atoms with van der Waals surface area (Å²) in [4.78, 5) is 4.64. The summed E-state index contributed by atoms with van der Waals surface area (Å²) < 4.78 is 6.30. The fourth-order valence-electron chi connectivity index (χ4n) is 3.27. The molecule has 0 spiro atoms. The maximum atomic E-state index is 6.30. The Morgan fingerprint density at radius 2 is 1.54 bits per heavy atom. The van der Waals surface area contributed by atoms with Crippen molar-refractivity contribution < 1.29 is 4.74 Å². The van der Waals surface area contributed by atoms with Crippen LogP contribution in [0.25, 0.3) is 11.3 Å². The Bertz CT molecular complexity index is 859. The summed E-state index contributed by atoms with van der Waals surface area (Å²) in [6.07, 6.45) is 2.85. The molecule has 2 heteroatoms. The van der Waals surface area contributed by atoms with E-state index in [1.54, 1.807) is 0 Å². The second-order valence-corrected chi connectivity index (χ2v) is 8.85. The van der Waals surface area contributed by atoms with Gasteiger partial charge in [0, 0.05) is 5.56 Å². The quantitative estimate of drug-likeness (QED) is 0.455. The van der Waals surface area contributed by atoms with Gasteiger partial charge >= 0.3 is 0 Å². The Balaban J connectivity index is 1.76. The lowest BCUT2D eigenvalue weighted by Crippen LogP contribution is -2.11. The van der Waals surface area contributed by atoms with Crippen molar-refractivity contribution in [3.05, 3.63) is 84.1 Å². The summed E-state index contributed by atoms with van der Waals surface area (Å²) in [7, 11) is 0. The van der Waals surface area contributed by atoms with Crippen molar-refractivity contribution in [2.24, 2.45) is 5.92 Å². The zero-order valence-corrected chi connectivity index (χ0v) is 17.6. The molecule has 0 aliphatic rings. The van der Waals surface area contributed by atoms with Gasteiger partial charge in [-0.05, 0) is 41.0 Å². The van der Waals surface area contributed by atoms with Gasteiger partial charge in [-0.3, -0.25) is 4.98 Å². The summed E-state index contributed by atoms with van der Waals surface area (Å²) in [5.41, 5.74) is 4.79. The predicted octanol–water partition coefficient (Wildman–Crippen LogP) is 7.21. The van der Waals surface area contributed by atoms with Crippen molar-refractivity contribution in [1.82, 2.24) is 4.98 Å². The van der Waals surface area contributed by atoms with Gasteiger partial charge in [0.2, 0.25) is 0 Å². The van der Waals surface area contributed by atoms with E-state index < -0.39 is 0 Å². The third kappa shape index (κ3) is 5.22. The van der Waals surface area contributed by atoms with Crippen molar-refractivity contribution in [3.63, 3.8) is 0 Å². The molecule has 28 heavy (non-hydrogen) atoms. The second kappa shape index (κ2) is 8.60. The maximum absolute atomic E-state index is 6.30. The molecule has 2 nitrogen and oxygen atoms in total. The van der Waals surface area contributed by atoms with E-state index >= 15 is 0 Å². The van der Waals surface area contributed by atoms with Crippen molar-refractivity contribution in [2.45, 2.75) is 52.6 Å². The van der Waals surface area contributed by atoms with Crippen LogP contribution in [0.1, 0.15) is 58.3 Å². The summed E-state index contributed by atoms with van der Waals surface area (Å²) in [6.45, 7) is 11.1. The van der Waals surface area contributed by atoms with Crippen LogP contribution in [0, 0.1) is 5.92 Å². The number of hydrogen-bond donors (Lipinski definition) is 0. The number of pyridine rings is 1. The number of hydrogen-bond acceptors (Lipinski definition) is 2. The molecule has 3 aromatic rings. The van der Waals surface area contributed by atoms with Gasteiger partial charge in [0.1, 0.15) is 11.9 Å². The Hall–Kier alpha value is -2.61. The zero-order valence-electron chi connectivity index (χ0n) is 17.6. The highest BCUT2D eigenvalue weighted by atomic mass is 16.5. The van der Waals surface area contributed by atoms with E-state index in [2.05, 4.69) is 88.1 Å². The Kier molecular flexibility index (Phi) is 6.18. The van der Waals surface area contributed by atoms with E-state index in [1.807, 2.05) is 24.4 Å². The highest BCUT2D eigenvalue weighted by molar-refractivity contribution is 5.60. The van der Waals surface area contributed by atoms with Gasteiger partial charge in [-0.25, -0.2) is 0 Å². The third-order valence-corrected chi connectivity index (χ3v) is 4.92. The smallest absolute Gasteiger partial charge is 0.138 e. The maximum Gasteiger partial charge on any atom is 0.138 e. The minimum atomic E-state index is 0.0416. The van der Waals surface area contributed by atoms with Crippen LogP contribution in [0.5, 0.6) is 5.75 Å². The molecule has 0 bridgehead atoms. The number of ether oxygens (including phenoxy) is 1. The van der Waals surface area contributed by atoms with E-state index in [-0.39, 0.29) is 11.5 Å². The normalized spacial score (nSPS) is 12.8. The Labute approximate surface area is 169 Å². The molecule has 0 aliphatic carbocycles. The molecule has 1 unspecified atom stereocenters. The number of aromatic nitrogens is 1. The van der Waals surface area contributed by atoms with E-state index in [9.17, 15) is 0 Å². The van der Waals surface area contributed by atoms with Gasteiger partial charge in [-0.15, -0.1) is 0 Å². The standard InChI is InChI=1S/C26H31NO/c1-19(2)17-25(21-9-7-6-8-10-21)28-23-15-16-24(27-18-23)20-11-13-22(14-12-20)26(3,4)5/h6-16,18-19,25H,17H2,1-5H3. The molecule has 0 fully saturated rings. The lowest BCUT2D eigenvalue weighted by atomic mass is 9.86. The lowest BCUT2D eigenvalue weighted by Gasteiger charge is -2.21. The fraction of sp³-hybridized carbons (Fsp3) is 0.346. The second-order valence-electron chi connectivity index (χ2n) is 8.85. The third-order valence-electron chi connectivity index (χ3n) is 4.92. The Morgan fingerprint density at radius 1 is 0.857 bits per heavy atom. The molecular weight excluding hydrogens is 342 g/mol. The highest BCUT2D eigenvalue weighted by Gasteiger charge is 2.16. The summed E-state index contributed by atoms with van der Waals surface area (Å²) in [5.74, 6) is 1.36. The molecule has 2 aromatic carbocycles. The van der Waals surface area contributed by atoms with E-state index in [1.165, 1.54) is 11.1 Å². The first-order chi connectivity index (χ1) is 13.3. The zero-order chi connectivity index (χ0) is 20.1. The van der Waals surface area contributed by atoms with E-state index in [0.29, 0.717) is 5.92 Å². The van der Waals surface area contributed by atoms with E-state index in [4.69, 9.17) is 4.74 Å². The minimum Gasteiger partial charge on any atom is -0.484 e. The minimum absolute atomic E-state index is 0.0416. The molecule has 0 N–H and O–H groups in total. The predicted molar refractivity (Wildman–Crippen MR) is 118 cm³/mol. The molecule has 1 aromatic heterocycles. The van der Waals surface area contributed by atoms with Gasteiger partial charge in [0.15, 0.2) is 0 Å². The van der Waals surface area contributed by atoms with Crippen molar-refractivity contribution in [3.8, 4) is 17.0 Å². The van der Waals surface area contributed by atoms with Gasteiger partial charge in [-0.1, -0.05) is 89.2 Å².